The van der Waals surface area contributed by atoms with Crippen molar-refractivity contribution in [2.24, 2.45) is 0 Å². The molecule has 1 heterocycles. The number of amides is 2. The molecule has 0 spiro atoms. The molecule has 2 amide bonds. The van der Waals surface area contributed by atoms with E-state index in [1.54, 1.807) is 42.4 Å². The molecule has 3 rings (SSSR count). The zero-order chi connectivity index (χ0) is 21.5. The van der Waals surface area contributed by atoms with Crippen LogP contribution in [0, 0.1) is 11.3 Å². The lowest BCUT2D eigenvalue weighted by molar-refractivity contribution is -0.126. The molecule has 0 aliphatic carbocycles. The van der Waals surface area contributed by atoms with Crippen LogP contribution in [0.4, 0.5) is 11.4 Å². The predicted octanol–water partition coefficient (Wildman–Crippen LogP) is 2.91. The molecule has 1 aliphatic rings. The number of anilines is 2. The molecule has 7 heteroatoms. The highest BCUT2D eigenvalue weighted by Gasteiger charge is 2.24. The number of hydrogen-bond acceptors (Lipinski definition) is 5. The Kier molecular flexibility index (Phi) is 6.71. The summed E-state index contributed by atoms with van der Waals surface area (Å²) in [5, 5.41) is 12.2. The monoisotopic (exact) mass is 404 g/mol. The van der Waals surface area contributed by atoms with Crippen molar-refractivity contribution >= 4 is 29.3 Å². The Bertz CT molecular complexity index is 967. The second kappa shape index (κ2) is 9.61. The minimum Gasteiger partial charge on any atom is -0.497 e. The molecule has 0 atom stereocenters. The van der Waals surface area contributed by atoms with Crippen molar-refractivity contribution in [1.82, 2.24) is 4.90 Å². The lowest BCUT2D eigenvalue weighted by atomic mass is 10.1. The van der Waals surface area contributed by atoms with Crippen LogP contribution in [0.15, 0.2) is 54.1 Å². The van der Waals surface area contributed by atoms with Gasteiger partial charge in [0.1, 0.15) is 17.4 Å². The van der Waals surface area contributed by atoms with Crippen molar-refractivity contribution in [3.63, 3.8) is 0 Å². The van der Waals surface area contributed by atoms with Crippen molar-refractivity contribution in [2.75, 3.05) is 43.5 Å². The number of benzene rings is 2. The molecule has 0 bridgehead atoms. The molecule has 1 aliphatic heterocycles. The fourth-order valence-electron chi connectivity index (χ4n) is 3.31. The summed E-state index contributed by atoms with van der Waals surface area (Å²) in [6.07, 6.45) is 1.58. The van der Waals surface area contributed by atoms with Crippen molar-refractivity contribution < 1.29 is 14.3 Å². The van der Waals surface area contributed by atoms with Gasteiger partial charge >= 0.3 is 0 Å². The van der Waals surface area contributed by atoms with Gasteiger partial charge in [-0.25, -0.2) is 0 Å². The molecule has 30 heavy (non-hydrogen) atoms. The minimum atomic E-state index is -0.266. The van der Waals surface area contributed by atoms with Crippen molar-refractivity contribution in [2.45, 2.75) is 6.92 Å². The molecule has 0 unspecified atom stereocenters. The van der Waals surface area contributed by atoms with Gasteiger partial charge in [-0.2, -0.15) is 5.26 Å². The van der Waals surface area contributed by atoms with Crippen LogP contribution in [0.25, 0.3) is 6.08 Å². The van der Waals surface area contributed by atoms with E-state index < -0.39 is 0 Å². The molecule has 0 saturated carbocycles. The number of nitriles is 1. The summed E-state index contributed by atoms with van der Waals surface area (Å²) in [5.74, 6) is 0.388. The summed E-state index contributed by atoms with van der Waals surface area (Å²) < 4.78 is 5.19. The predicted molar refractivity (Wildman–Crippen MR) is 116 cm³/mol. The maximum Gasteiger partial charge on any atom is 0.264 e. The van der Waals surface area contributed by atoms with Crippen molar-refractivity contribution in [3.05, 3.63) is 59.7 Å². The number of nitrogens with zero attached hydrogens (tertiary/aromatic N) is 3. The van der Waals surface area contributed by atoms with Crippen LogP contribution < -0.4 is 15.0 Å². The van der Waals surface area contributed by atoms with E-state index in [-0.39, 0.29) is 17.4 Å². The van der Waals surface area contributed by atoms with E-state index in [9.17, 15) is 14.9 Å². The molecule has 2 aromatic carbocycles. The Balaban J connectivity index is 1.63. The molecular weight excluding hydrogens is 380 g/mol. The summed E-state index contributed by atoms with van der Waals surface area (Å²) in [5.41, 5.74) is 2.57. The fourth-order valence-corrected chi connectivity index (χ4v) is 3.31. The van der Waals surface area contributed by atoms with Crippen molar-refractivity contribution in [1.29, 1.82) is 5.26 Å². The first-order valence-electron chi connectivity index (χ1n) is 9.68. The maximum absolute atomic E-state index is 12.8. The normalized spacial score (nSPS) is 14.1. The van der Waals surface area contributed by atoms with Crippen LogP contribution >= 0.6 is 0 Å². The highest BCUT2D eigenvalue weighted by molar-refractivity contribution is 6.01. The Morgan fingerprint density at radius 3 is 2.20 bits per heavy atom. The number of carbonyl (C=O) groups excluding carboxylic acids is 2. The Morgan fingerprint density at radius 2 is 1.67 bits per heavy atom. The Labute approximate surface area is 176 Å². The molecular formula is C23H24N4O3. The average molecular weight is 404 g/mol. The zero-order valence-corrected chi connectivity index (χ0v) is 17.1. The van der Waals surface area contributed by atoms with Gasteiger partial charge in [-0.3, -0.25) is 9.59 Å². The number of carbonyl (C=O) groups is 2. The summed E-state index contributed by atoms with van der Waals surface area (Å²) in [6.45, 7) is 3.93. The summed E-state index contributed by atoms with van der Waals surface area (Å²) in [4.78, 5) is 27.8. The number of ether oxygens (including phenoxy) is 1. The minimum absolute atomic E-state index is 0.0974. The molecule has 0 aromatic heterocycles. The molecule has 1 fully saturated rings. The van der Waals surface area contributed by atoms with Crippen LogP contribution in [0.2, 0.25) is 0 Å². The number of rotatable bonds is 5. The fraction of sp³-hybridized carbons (Fsp3) is 0.261. The third-order valence-electron chi connectivity index (χ3n) is 4.90. The van der Waals surface area contributed by atoms with Gasteiger partial charge in [0.05, 0.1) is 7.11 Å². The zero-order valence-electron chi connectivity index (χ0n) is 17.1. The number of hydrogen-bond donors (Lipinski definition) is 1. The lowest BCUT2D eigenvalue weighted by Gasteiger charge is -2.36. The van der Waals surface area contributed by atoms with Gasteiger partial charge in [0, 0.05) is 44.5 Å². The van der Waals surface area contributed by atoms with E-state index >= 15 is 0 Å². The van der Waals surface area contributed by atoms with Gasteiger partial charge in [0.2, 0.25) is 5.91 Å². The number of nitrogens with one attached hydrogen (secondary N) is 1. The van der Waals surface area contributed by atoms with Gasteiger partial charge < -0.3 is 19.9 Å². The van der Waals surface area contributed by atoms with Crippen LogP contribution in [-0.2, 0) is 9.59 Å². The van der Waals surface area contributed by atoms with Gasteiger partial charge in [-0.1, -0.05) is 12.1 Å². The second-order valence-corrected chi connectivity index (χ2v) is 6.95. The van der Waals surface area contributed by atoms with Crippen LogP contribution in [0.3, 0.4) is 0 Å². The molecule has 7 nitrogen and oxygen atoms in total. The van der Waals surface area contributed by atoms with E-state index in [4.69, 9.17) is 4.74 Å². The lowest BCUT2D eigenvalue weighted by Crippen LogP contribution is -2.49. The smallest absolute Gasteiger partial charge is 0.264 e. The van der Waals surface area contributed by atoms with E-state index in [0.29, 0.717) is 31.9 Å². The first-order valence-corrected chi connectivity index (χ1v) is 9.68. The Hall–Kier alpha value is -3.79. The van der Waals surface area contributed by atoms with Gasteiger partial charge in [0.25, 0.3) is 5.91 Å². The SMILES string of the molecule is COc1ccc(N2CCN(C(=O)/C(C#N)=C/c3ccc(NC(C)=O)cc3)CC2)cc1. The largest absolute Gasteiger partial charge is 0.497 e. The van der Waals surface area contributed by atoms with Crippen LogP contribution in [-0.4, -0.2) is 50.0 Å². The quantitative estimate of drug-likeness (QED) is 0.612. The first-order chi connectivity index (χ1) is 14.5. The molecule has 0 radical (unpaired) electrons. The van der Waals surface area contributed by atoms with E-state index in [1.165, 1.54) is 6.92 Å². The van der Waals surface area contributed by atoms with E-state index in [0.717, 1.165) is 17.0 Å². The number of piperazine rings is 1. The van der Waals surface area contributed by atoms with Gasteiger partial charge in [-0.05, 0) is 48.0 Å². The standard InChI is InChI=1S/C23H24N4O3/c1-17(28)25-20-5-3-18(4-6-20)15-19(16-24)23(29)27-13-11-26(12-14-27)21-7-9-22(30-2)10-8-21/h3-10,15H,11-14H2,1-2H3,(H,25,28)/b19-15+. The van der Waals surface area contributed by atoms with Crippen LogP contribution in [0.1, 0.15) is 12.5 Å². The summed E-state index contributed by atoms with van der Waals surface area (Å²) in [7, 11) is 1.64. The number of methoxy groups -OCH3 is 1. The summed E-state index contributed by atoms with van der Waals surface area (Å²) in [6, 6.07) is 16.9. The molecule has 1 N–H and O–H groups in total. The van der Waals surface area contributed by atoms with E-state index in [2.05, 4.69) is 10.2 Å². The van der Waals surface area contributed by atoms with Gasteiger partial charge in [-0.15, -0.1) is 0 Å². The second-order valence-electron chi connectivity index (χ2n) is 6.95. The van der Waals surface area contributed by atoms with Gasteiger partial charge in [0.15, 0.2) is 0 Å². The third kappa shape index (κ3) is 5.17. The summed E-state index contributed by atoms with van der Waals surface area (Å²) >= 11 is 0. The molecule has 2 aromatic rings. The third-order valence-corrected chi connectivity index (χ3v) is 4.90. The molecule has 154 valence electrons. The van der Waals surface area contributed by atoms with Crippen molar-refractivity contribution in [3.8, 4) is 11.8 Å². The Morgan fingerprint density at radius 1 is 1.03 bits per heavy atom. The molecule has 1 saturated heterocycles. The van der Waals surface area contributed by atoms with E-state index in [1.807, 2.05) is 30.3 Å². The first kappa shape index (κ1) is 20.9. The average Bonchev–Trinajstić information content (AvgIpc) is 2.78. The highest BCUT2D eigenvalue weighted by atomic mass is 16.5. The topological polar surface area (TPSA) is 85.7 Å². The highest BCUT2D eigenvalue weighted by Crippen LogP contribution is 2.21. The van der Waals surface area contributed by atoms with Crippen LogP contribution in [0.5, 0.6) is 5.75 Å². The maximum atomic E-state index is 12.8.